The van der Waals surface area contributed by atoms with Crippen LogP contribution in [0.5, 0.6) is 0 Å². The second-order valence-electron chi connectivity index (χ2n) is 3.73. The molecule has 4 nitrogen and oxygen atoms in total. The fourth-order valence-electron chi connectivity index (χ4n) is 1.85. The highest BCUT2D eigenvalue weighted by Gasteiger charge is 2.08. The molecule has 0 fully saturated rings. The first kappa shape index (κ1) is 12.3. The Balaban J connectivity index is 2.18. The van der Waals surface area contributed by atoms with Gasteiger partial charge in [-0.3, -0.25) is 4.98 Å². The van der Waals surface area contributed by atoms with Gasteiger partial charge in [0.2, 0.25) is 0 Å². The summed E-state index contributed by atoms with van der Waals surface area (Å²) in [5.41, 5.74) is 1.99. The second kappa shape index (κ2) is 5.98. The summed E-state index contributed by atoms with van der Waals surface area (Å²) in [5.74, 6) is 1.31. The van der Waals surface area contributed by atoms with Crippen molar-refractivity contribution < 1.29 is 4.74 Å². The zero-order chi connectivity index (χ0) is 12.1. The number of hydrogen-bond acceptors (Lipinski definition) is 3. The molecule has 0 aliphatic rings. The van der Waals surface area contributed by atoms with E-state index in [4.69, 9.17) is 16.3 Å². The Morgan fingerprint density at radius 2 is 2.35 bits per heavy atom. The summed E-state index contributed by atoms with van der Waals surface area (Å²) in [4.78, 5) is 8.53. The Morgan fingerprint density at radius 3 is 3.12 bits per heavy atom. The highest BCUT2D eigenvalue weighted by atomic mass is 35.5. The first-order valence-electron chi connectivity index (χ1n) is 5.79. The van der Waals surface area contributed by atoms with Crippen LogP contribution in [0.1, 0.15) is 19.2 Å². The number of halogens is 1. The van der Waals surface area contributed by atoms with Crippen LogP contribution in [-0.4, -0.2) is 27.7 Å². The molecule has 0 amide bonds. The molecule has 0 saturated carbocycles. The molecule has 2 heterocycles. The fraction of sp³-hybridized carbons (Fsp3) is 0.500. The smallest absolute Gasteiger partial charge is 0.124 e. The van der Waals surface area contributed by atoms with Crippen molar-refractivity contribution in [1.29, 1.82) is 0 Å². The molecule has 2 aromatic rings. The van der Waals surface area contributed by atoms with E-state index in [1.165, 1.54) is 0 Å². The molecule has 5 heteroatoms. The molecule has 0 aliphatic heterocycles. The maximum atomic E-state index is 5.91. The summed E-state index contributed by atoms with van der Waals surface area (Å²) in [6, 6.07) is 1.97. The number of imidazole rings is 1. The summed E-state index contributed by atoms with van der Waals surface area (Å²) in [6.07, 6.45) is 4.51. The molecule has 2 rings (SSSR count). The van der Waals surface area contributed by atoms with E-state index < -0.39 is 0 Å². The third kappa shape index (κ3) is 2.76. The van der Waals surface area contributed by atoms with Gasteiger partial charge in [0, 0.05) is 26.0 Å². The molecule has 0 bridgehead atoms. The highest BCUT2D eigenvalue weighted by Crippen LogP contribution is 2.16. The minimum Gasteiger partial charge on any atom is -0.382 e. The van der Waals surface area contributed by atoms with Crippen molar-refractivity contribution in [2.45, 2.75) is 25.8 Å². The SMILES string of the molecule is CCOCCCn1c(CCl)nc2cnccc21. The number of nitrogens with zero attached hydrogens (tertiary/aromatic N) is 3. The predicted molar refractivity (Wildman–Crippen MR) is 68.2 cm³/mol. The average Bonchev–Trinajstić information content (AvgIpc) is 2.73. The molecule has 0 spiro atoms. The molecule has 0 N–H and O–H groups in total. The van der Waals surface area contributed by atoms with E-state index in [-0.39, 0.29) is 0 Å². The molecule has 0 radical (unpaired) electrons. The molecule has 0 aromatic carbocycles. The zero-order valence-corrected chi connectivity index (χ0v) is 10.7. The van der Waals surface area contributed by atoms with Crippen molar-refractivity contribution in [2.75, 3.05) is 13.2 Å². The van der Waals surface area contributed by atoms with Crippen LogP contribution in [0.25, 0.3) is 11.0 Å². The van der Waals surface area contributed by atoms with Crippen LogP contribution in [0.4, 0.5) is 0 Å². The van der Waals surface area contributed by atoms with E-state index in [0.717, 1.165) is 43.0 Å². The van der Waals surface area contributed by atoms with E-state index in [2.05, 4.69) is 14.5 Å². The molecular formula is C12H16ClN3O. The van der Waals surface area contributed by atoms with Gasteiger partial charge in [0.05, 0.1) is 17.6 Å². The predicted octanol–water partition coefficient (Wildman–Crippen LogP) is 2.60. The number of aryl methyl sites for hydroxylation is 1. The fourth-order valence-corrected chi connectivity index (χ4v) is 2.06. The van der Waals surface area contributed by atoms with Crippen molar-refractivity contribution in [3.05, 3.63) is 24.3 Å². The van der Waals surface area contributed by atoms with Crippen molar-refractivity contribution in [1.82, 2.24) is 14.5 Å². The Hall–Kier alpha value is -1.13. The summed E-state index contributed by atoms with van der Waals surface area (Å²) in [6.45, 7) is 4.41. The molecular weight excluding hydrogens is 238 g/mol. The van der Waals surface area contributed by atoms with E-state index in [0.29, 0.717) is 5.88 Å². The number of fused-ring (bicyclic) bond motifs is 1. The van der Waals surface area contributed by atoms with Crippen LogP contribution in [0.3, 0.4) is 0 Å². The van der Waals surface area contributed by atoms with Gasteiger partial charge in [-0.25, -0.2) is 4.98 Å². The largest absolute Gasteiger partial charge is 0.382 e. The van der Waals surface area contributed by atoms with Gasteiger partial charge in [-0.1, -0.05) is 0 Å². The minimum absolute atomic E-state index is 0.420. The summed E-state index contributed by atoms with van der Waals surface area (Å²) >= 11 is 5.91. The first-order valence-corrected chi connectivity index (χ1v) is 6.33. The summed E-state index contributed by atoms with van der Waals surface area (Å²) < 4.78 is 7.48. The van der Waals surface area contributed by atoms with Gasteiger partial charge in [0.15, 0.2) is 0 Å². The van der Waals surface area contributed by atoms with Gasteiger partial charge in [0.1, 0.15) is 11.3 Å². The van der Waals surface area contributed by atoms with Gasteiger partial charge >= 0.3 is 0 Å². The van der Waals surface area contributed by atoms with Crippen LogP contribution in [0.2, 0.25) is 0 Å². The third-order valence-corrected chi connectivity index (χ3v) is 2.86. The zero-order valence-electron chi connectivity index (χ0n) is 9.90. The van der Waals surface area contributed by atoms with Crippen LogP contribution in [-0.2, 0) is 17.2 Å². The molecule has 17 heavy (non-hydrogen) atoms. The lowest BCUT2D eigenvalue weighted by molar-refractivity contribution is 0.142. The lowest BCUT2D eigenvalue weighted by Gasteiger charge is -2.07. The number of rotatable bonds is 6. The molecule has 0 atom stereocenters. The lowest BCUT2D eigenvalue weighted by atomic mass is 10.4. The molecule has 0 unspecified atom stereocenters. The van der Waals surface area contributed by atoms with E-state index >= 15 is 0 Å². The van der Waals surface area contributed by atoms with Gasteiger partial charge in [-0.15, -0.1) is 11.6 Å². The molecule has 0 saturated heterocycles. The minimum atomic E-state index is 0.420. The normalized spacial score (nSPS) is 11.2. The van der Waals surface area contributed by atoms with Crippen molar-refractivity contribution >= 4 is 22.6 Å². The van der Waals surface area contributed by atoms with Crippen molar-refractivity contribution in [3.8, 4) is 0 Å². The number of hydrogen-bond donors (Lipinski definition) is 0. The monoisotopic (exact) mass is 253 g/mol. The van der Waals surface area contributed by atoms with Crippen molar-refractivity contribution in [2.24, 2.45) is 0 Å². The Labute approximate surface area is 106 Å². The molecule has 2 aromatic heterocycles. The summed E-state index contributed by atoms with van der Waals surface area (Å²) in [7, 11) is 0. The average molecular weight is 254 g/mol. The van der Waals surface area contributed by atoms with Gasteiger partial charge < -0.3 is 9.30 Å². The topological polar surface area (TPSA) is 39.9 Å². The van der Waals surface area contributed by atoms with Crippen LogP contribution < -0.4 is 0 Å². The number of ether oxygens (including phenoxy) is 1. The van der Waals surface area contributed by atoms with Gasteiger partial charge in [0.25, 0.3) is 0 Å². The maximum Gasteiger partial charge on any atom is 0.124 e. The van der Waals surface area contributed by atoms with Gasteiger partial charge in [-0.2, -0.15) is 0 Å². The maximum absolute atomic E-state index is 5.91. The third-order valence-electron chi connectivity index (χ3n) is 2.62. The molecule has 0 aliphatic carbocycles. The van der Waals surface area contributed by atoms with E-state index in [1.807, 2.05) is 13.0 Å². The lowest BCUT2D eigenvalue weighted by Crippen LogP contribution is -2.05. The molecule has 92 valence electrons. The number of alkyl halides is 1. The van der Waals surface area contributed by atoms with E-state index in [9.17, 15) is 0 Å². The number of pyridine rings is 1. The highest BCUT2D eigenvalue weighted by molar-refractivity contribution is 6.16. The quantitative estimate of drug-likeness (QED) is 0.587. The first-order chi connectivity index (χ1) is 8.36. The van der Waals surface area contributed by atoms with Crippen LogP contribution >= 0.6 is 11.6 Å². The van der Waals surface area contributed by atoms with Crippen LogP contribution in [0, 0.1) is 0 Å². The van der Waals surface area contributed by atoms with Gasteiger partial charge in [-0.05, 0) is 19.4 Å². The Bertz CT molecular complexity index is 484. The number of aromatic nitrogens is 3. The van der Waals surface area contributed by atoms with Crippen LogP contribution in [0.15, 0.2) is 18.5 Å². The Kier molecular flexibility index (Phi) is 4.34. The Morgan fingerprint density at radius 1 is 1.47 bits per heavy atom. The van der Waals surface area contributed by atoms with Crippen molar-refractivity contribution in [3.63, 3.8) is 0 Å². The second-order valence-corrected chi connectivity index (χ2v) is 4.00. The standard InChI is InChI=1S/C12H16ClN3O/c1-2-17-7-3-6-16-11-4-5-14-9-10(11)15-12(16)8-13/h4-5,9H,2-3,6-8H2,1H3. The van der Waals surface area contributed by atoms with E-state index in [1.54, 1.807) is 12.4 Å². The summed E-state index contributed by atoms with van der Waals surface area (Å²) in [5, 5.41) is 0.